The third kappa shape index (κ3) is 6.06. The molecule has 0 spiro atoms. The summed E-state index contributed by atoms with van der Waals surface area (Å²) in [5.41, 5.74) is -1.23. The predicted molar refractivity (Wildman–Crippen MR) is 72.3 cm³/mol. The number of aliphatic hydroxyl groups excluding tert-OH is 1. The van der Waals surface area contributed by atoms with Gasteiger partial charge in [-0.2, -0.15) is 13.2 Å². The van der Waals surface area contributed by atoms with E-state index in [2.05, 4.69) is 10.6 Å². The summed E-state index contributed by atoms with van der Waals surface area (Å²) in [5.74, 6) is -0.613. The number of hydrogen-bond donors (Lipinski definition) is 3. The summed E-state index contributed by atoms with van der Waals surface area (Å²) >= 11 is 0.631. The minimum absolute atomic E-state index is 0.0902. The average molecular weight is 344 g/mol. The van der Waals surface area contributed by atoms with Gasteiger partial charge in [-0.05, 0) is 18.2 Å². The predicted octanol–water partition coefficient (Wildman–Crippen LogP) is 3.18. The molecule has 124 valence electrons. The van der Waals surface area contributed by atoms with E-state index in [1.807, 2.05) is 0 Å². The maximum absolute atomic E-state index is 12.7. The number of rotatable bonds is 6. The fourth-order valence-corrected chi connectivity index (χ4v) is 2.15. The Morgan fingerprint density at radius 2 is 2.00 bits per heavy atom. The number of urea groups is 1. The molecule has 3 N–H and O–H groups in total. The first-order valence-electron chi connectivity index (χ1n) is 6.02. The molecule has 0 saturated heterocycles. The van der Waals surface area contributed by atoms with Gasteiger partial charge in [0.2, 0.25) is 6.43 Å². The monoisotopic (exact) mass is 344 g/mol. The van der Waals surface area contributed by atoms with E-state index in [0.717, 1.165) is 12.1 Å². The smallest absolute Gasteiger partial charge is 0.395 e. The van der Waals surface area contributed by atoms with E-state index < -0.39 is 29.9 Å². The molecule has 4 nitrogen and oxygen atoms in total. The fourth-order valence-electron chi connectivity index (χ4n) is 1.42. The van der Waals surface area contributed by atoms with Crippen LogP contribution in [0.1, 0.15) is 5.56 Å². The lowest BCUT2D eigenvalue weighted by Crippen LogP contribution is -2.31. The Morgan fingerprint density at radius 3 is 2.55 bits per heavy atom. The highest BCUT2D eigenvalue weighted by molar-refractivity contribution is 7.99. The molecule has 10 heteroatoms. The van der Waals surface area contributed by atoms with E-state index in [1.54, 1.807) is 0 Å². The van der Waals surface area contributed by atoms with Gasteiger partial charge >= 0.3 is 12.2 Å². The van der Waals surface area contributed by atoms with E-state index >= 15 is 0 Å². The van der Waals surface area contributed by atoms with Crippen LogP contribution in [0, 0.1) is 0 Å². The molecule has 1 aromatic carbocycles. The van der Waals surface area contributed by atoms with Crippen molar-refractivity contribution in [1.29, 1.82) is 0 Å². The number of carbonyl (C=O) groups is 1. The summed E-state index contributed by atoms with van der Waals surface area (Å²) in [7, 11) is 0. The van der Waals surface area contributed by atoms with Crippen LogP contribution in [-0.2, 0) is 6.18 Å². The van der Waals surface area contributed by atoms with Crippen molar-refractivity contribution in [3.05, 3.63) is 23.8 Å². The van der Waals surface area contributed by atoms with Gasteiger partial charge in [0.15, 0.2) is 0 Å². The van der Waals surface area contributed by atoms with E-state index in [9.17, 15) is 26.7 Å². The van der Waals surface area contributed by atoms with Crippen molar-refractivity contribution in [2.75, 3.05) is 24.2 Å². The van der Waals surface area contributed by atoms with Crippen LogP contribution in [0.2, 0.25) is 0 Å². The summed E-state index contributed by atoms with van der Waals surface area (Å²) in [6, 6.07) is 1.61. The van der Waals surface area contributed by atoms with Crippen LogP contribution in [0.5, 0.6) is 0 Å². The minimum atomic E-state index is -4.62. The number of halogens is 5. The highest BCUT2D eigenvalue weighted by atomic mass is 32.2. The molecule has 0 atom stereocenters. The van der Waals surface area contributed by atoms with Crippen LogP contribution in [0.4, 0.5) is 32.4 Å². The molecule has 0 radical (unpaired) electrons. The average Bonchev–Trinajstić information content (AvgIpc) is 2.42. The molecule has 0 aromatic heterocycles. The maximum atomic E-state index is 12.7. The normalized spacial score (nSPS) is 11.6. The zero-order valence-electron chi connectivity index (χ0n) is 11.1. The lowest BCUT2D eigenvalue weighted by molar-refractivity contribution is -0.137. The first kappa shape index (κ1) is 18.5. The molecule has 0 bridgehead atoms. The minimum Gasteiger partial charge on any atom is -0.395 e. The van der Waals surface area contributed by atoms with Crippen LogP contribution in [0.3, 0.4) is 0 Å². The molecule has 0 heterocycles. The van der Waals surface area contributed by atoms with Crippen molar-refractivity contribution >= 4 is 23.5 Å². The Morgan fingerprint density at radius 1 is 1.32 bits per heavy atom. The van der Waals surface area contributed by atoms with Crippen LogP contribution in [0.15, 0.2) is 23.1 Å². The number of alkyl halides is 5. The number of thioether (sulfide) groups is 1. The van der Waals surface area contributed by atoms with Crippen molar-refractivity contribution in [3.8, 4) is 0 Å². The highest BCUT2D eigenvalue weighted by Gasteiger charge is 2.31. The Balaban J connectivity index is 2.97. The quantitative estimate of drug-likeness (QED) is 0.549. The molecule has 0 aliphatic rings. The molecule has 0 saturated carbocycles. The Kier molecular flexibility index (Phi) is 6.88. The molecule has 0 aliphatic carbocycles. The van der Waals surface area contributed by atoms with Crippen LogP contribution in [-0.4, -0.2) is 36.5 Å². The molecule has 1 rings (SSSR count). The van der Waals surface area contributed by atoms with Gasteiger partial charge in [0, 0.05) is 11.4 Å². The summed E-state index contributed by atoms with van der Waals surface area (Å²) in [4.78, 5) is 11.5. The third-order valence-electron chi connectivity index (χ3n) is 2.32. The van der Waals surface area contributed by atoms with Crippen LogP contribution >= 0.6 is 11.8 Å². The molecule has 0 fully saturated rings. The Hall–Kier alpha value is -1.55. The molecule has 0 aliphatic heterocycles. The van der Waals surface area contributed by atoms with Crippen molar-refractivity contribution in [2.24, 2.45) is 0 Å². The summed E-state index contributed by atoms with van der Waals surface area (Å²) < 4.78 is 62.4. The van der Waals surface area contributed by atoms with E-state index in [0.29, 0.717) is 17.8 Å². The molecule has 0 unspecified atom stereocenters. The van der Waals surface area contributed by atoms with Crippen molar-refractivity contribution in [2.45, 2.75) is 17.5 Å². The number of aliphatic hydroxyl groups is 1. The van der Waals surface area contributed by atoms with Gasteiger partial charge in [0.05, 0.1) is 23.6 Å². The van der Waals surface area contributed by atoms with Gasteiger partial charge < -0.3 is 15.7 Å². The van der Waals surface area contributed by atoms with E-state index in [1.165, 1.54) is 0 Å². The van der Waals surface area contributed by atoms with Gasteiger partial charge in [-0.3, -0.25) is 0 Å². The van der Waals surface area contributed by atoms with E-state index in [-0.39, 0.29) is 23.7 Å². The number of amides is 2. The Labute approximate surface area is 127 Å². The molecular weight excluding hydrogens is 331 g/mol. The zero-order valence-corrected chi connectivity index (χ0v) is 11.9. The largest absolute Gasteiger partial charge is 0.416 e. The lowest BCUT2D eigenvalue weighted by Gasteiger charge is -2.14. The Bertz CT molecular complexity index is 511. The SMILES string of the molecule is O=C(NCCO)Nc1cc(C(F)(F)F)ccc1SCC(F)F. The number of nitrogens with one attached hydrogen (secondary N) is 2. The topological polar surface area (TPSA) is 61.4 Å². The standard InChI is InChI=1S/C12H13F5N2O2S/c13-10(14)6-22-9-2-1-7(12(15,16)17)5-8(9)19-11(21)18-3-4-20/h1-2,5,10,20H,3-4,6H2,(H2,18,19,21). The molecule has 2 amide bonds. The zero-order chi connectivity index (χ0) is 16.8. The lowest BCUT2D eigenvalue weighted by atomic mass is 10.2. The highest BCUT2D eigenvalue weighted by Crippen LogP contribution is 2.36. The van der Waals surface area contributed by atoms with Gasteiger partial charge in [-0.15, -0.1) is 11.8 Å². The van der Waals surface area contributed by atoms with Crippen molar-refractivity contribution in [3.63, 3.8) is 0 Å². The second-order valence-corrected chi connectivity index (χ2v) is 5.08. The number of carbonyl (C=O) groups excluding carboxylic acids is 1. The van der Waals surface area contributed by atoms with Gasteiger partial charge in [0.25, 0.3) is 0 Å². The summed E-state index contributed by atoms with van der Waals surface area (Å²) in [6.45, 7) is -0.437. The second-order valence-electron chi connectivity index (χ2n) is 4.02. The number of hydrogen-bond acceptors (Lipinski definition) is 3. The van der Waals surface area contributed by atoms with Gasteiger partial charge in [0.1, 0.15) is 0 Å². The van der Waals surface area contributed by atoms with Crippen LogP contribution < -0.4 is 10.6 Å². The first-order valence-corrected chi connectivity index (χ1v) is 7.00. The summed E-state index contributed by atoms with van der Waals surface area (Å²) in [5, 5.41) is 12.9. The molecule has 22 heavy (non-hydrogen) atoms. The molecular formula is C12H13F5N2O2S. The van der Waals surface area contributed by atoms with Crippen molar-refractivity contribution in [1.82, 2.24) is 5.32 Å². The van der Waals surface area contributed by atoms with Gasteiger partial charge in [-0.1, -0.05) is 0 Å². The third-order valence-corrected chi connectivity index (χ3v) is 3.40. The van der Waals surface area contributed by atoms with Crippen molar-refractivity contribution < 1.29 is 31.9 Å². The fraction of sp³-hybridized carbons (Fsp3) is 0.417. The number of benzene rings is 1. The number of anilines is 1. The van der Waals surface area contributed by atoms with Gasteiger partial charge in [-0.25, -0.2) is 13.6 Å². The van der Waals surface area contributed by atoms with Crippen LogP contribution in [0.25, 0.3) is 0 Å². The van der Waals surface area contributed by atoms with E-state index in [4.69, 9.17) is 5.11 Å². The summed E-state index contributed by atoms with van der Waals surface area (Å²) in [6.07, 6.45) is -7.26. The maximum Gasteiger partial charge on any atom is 0.416 e. The second kappa shape index (κ2) is 8.18. The first-order chi connectivity index (χ1) is 10.2. The molecule has 1 aromatic rings.